The van der Waals surface area contributed by atoms with Gasteiger partial charge in [-0.25, -0.2) is 0 Å². The Labute approximate surface area is 85.8 Å². The number of aliphatic hydroxyl groups is 1. The molecule has 0 unspecified atom stereocenters. The van der Waals surface area contributed by atoms with Crippen LogP contribution >= 0.6 is 0 Å². The Balaban J connectivity index is 3.24. The number of aromatic nitrogens is 2. The van der Waals surface area contributed by atoms with E-state index in [1.165, 1.54) is 5.69 Å². The molecule has 0 aliphatic heterocycles. The fourth-order valence-corrected chi connectivity index (χ4v) is 1.82. The van der Waals surface area contributed by atoms with Crippen LogP contribution in [0, 0.1) is 0 Å². The van der Waals surface area contributed by atoms with Crippen molar-refractivity contribution in [3.8, 4) is 0 Å². The lowest BCUT2D eigenvalue weighted by atomic mass is 10.1. The van der Waals surface area contributed by atoms with E-state index < -0.39 is 0 Å². The van der Waals surface area contributed by atoms with Crippen molar-refractivity contribution < 1.29 is 5.11 Å². The zero-order valence-electron chi connectivity index (χ0n) is 9.54. The summed E-state index contributed by atoms with van der Waals surface area (Å²) in [5, 5.41) is 13.8. The van der Waals surface area contributed by atoms with Gasteiger partial charge in [-0.15, -0.1) is 0 Å². The molecular weight excluding hydrogens is 176 g/mol. The van der Waals surface area contributed by atoms with Crippen LogP contribution in [-0.2, 0) is 19.4 Å². The molecule has 1 heterocycles. The van der Waals surface area contributed by atoms with Crippen molar-refractivity contribution in [1.29, 1.82) is 0 Å². The van der Waals surface area contributed by atoms with E-state index in [2.05, 4.69) is 32.8 Å². The maximum atomic E-state index is 9.30. The first-order chi connectivity index (χ1) is 6.65. The van der Waals surface area contributed by atoms with Gasteiger partial charge in [-0.3, -0.25) is 4.68 Å². The lowest BCUT2D eigenvalue weighted by Crippen LogP contribution is -2.07. The molecule has 1 aromatic rings. The highest BCUT2D eigenvalue weighted by Gasteiger charge is 2.15. The van der Waals surface area contributed by atoms with Gasteiger partial charge in [0.25, 0.3) is 0 Å². The molecule has 0 fully saturated rings. The smallest absolute Gasteiger partial charge is 0.0718 e. The summed E-state index contributed by atoms with van der Waals surface area (Å²) in [6.07, 6.45) is 1.82. The van der Waals surface area contributed by atoms with Gasteiger partial charge >= 0.3 is 0 Å². The molecule has 0 saturated carbocycles. The van der Waals surface area contributed by atoms with Crippen molar-refractivity contribution in [2.24, 2.45) is 0 Å². The minimum atomic E-state index is 0.110. The summed E-state index contributed by atoms with van der Waals surface area (Å²) in [7, 11) is 0. The van der Waals surface area contributed by atoms with Gasteiger partial charge in [-0.2, -0.15) is 5.10 Å². The van der Waals surface area contributed by atoms with E-state index in [-0.39, 0.29) is 6.61 Å². The van der Waals surface area contributed by atoms with Crippen molar-refractivity contribution in [3.05, 3.63) is 17.0 Å². The molecule has 1 N–H and O–H groups in total. The summed E-state index contributed by atoms with van der Waals surface area (Å²) < 4.78 is 2.03. The average molecular weight is 196 g/mol. The average Bonchev–Trinajstić information content (AvgIpc) is 2.54. The van der Waals surface area contributed by atoms with E-state index in [4.69, 9.17) is 0 Å². The first kappa shape index (κ1) is 11.2. The highest BCUT2D eigenvalue weighted by atomic mass is 16.3. The second-order valence-electron chi connectivity index (χ2n) is 3.78. The maximum absolute atomic E-state index is 9.30. The summed E-state index contributed by atoms with van der Waals surface area (Å²) in [4.78, 5) is 0. The molecule has 14 heavy (non-hydrogen) atoms. The van der Waals surface area contributed by atoms with Crippen molar-refractivity contribution in [3.63, 3.8) is 0 Å². The zero-order valence-corrected chi connectivity index (χ0v) is 9.54. The monoisotopic (exact) mass is 196 g/mol. The van der Waals surface area contributed by atoms with E-state index in [9.17, 15) is 5.11 Å². The molecule has 1 aromatic heterocycles. The molecule has 3 heteroatoms. The van der Waals surface area contributed by atoms with Crippen LogP contribution in [-0.4, -0.2) is 14.9 Å². The molecule has 0 aromatic carbocycles. The quantitative estimate of drug-likeness (QED) is 0.800. The Kier molecular flexibility index (Phi) is 3.69. The fraction of sp³-hybridized carbons (Fsp3) is 0.727. The van der Waals surface area contributed by atoms with Gasteiger partial charge in [0, 0.05) is 17.3 Å². The Morgan fingerprint density at radius 2 is 1.93 bits per heavy atom. The number of rotatable bonds is 4. The Morgan fingerprint density at radius 3 is 2.29 bits per heavy atom. The number of hydrogen-bond donors (Lipinski definition) is 1. The van der Waals surface area contributed by atoms with Gasteiger partial charge in [0.2, 0.25) is 0 Å². The third-order valence-electron chi connectivity index (χ3n) is 2.52. The third-order valence-corrected chi connectivity index (χ3v) is 2.52. The summed E-state index contributed by atoms with van der Waals surface area (Å²) in [6.45, 7) is 8.53. The highest BCUT2D eigenvalue weighted by molar-refractivity contribution is 5.26. The summed E-state index contributed by atoms with van der Waals surface area (Å²) >= 11 is 0. The molecule has 3 nitrogen and oxygen atoms in total. The number of aryl methyl sites for hydroxylation is 1. The van der Waals surface area contributed by atoms with Gasteiger partial charge in [0.15, 0.2) is 0 Å². The molecule has 0 aliphatic carbocycles. The lowest BCUT2D eigenvalue weighted by Gasteiger charge is -2.10. The van der Waals surface area contributed by atoms with Crippen molar-refractivity contribution >= 4 is 0 Å². The van der Waals surface area contributed by atoms with Crippen LogP contribution < -0.4 is 0 Å². The van der Waals surface area contributed by atoms with Gasteiger partial charge < -0.3 is 5.11 Å². The third kappa shape index (κ3) is 1.82. The van der Waals surface area contributed by atoms with Gasteiger partial charge in [0.05, 0.1) is 12.3 Å². The molecular formula is C11H20N2O. The maximum Gasteiger partial charge on any atom is 0.0718 e. The first-order valence-corrected chi connectivity index (χ1v) is 5.35. The van der Waals surface area contributed by atoms with E-state index in [0.717, 1.165) is 24.1 Å². The SMILES string of the molecule is CCc1nn(C(C)C)c(CC)c1CO. The van der Waals surface area contributed by atoms with E-state index in [1.54, 1.807) is 0 Å². The van der Waals surface area contributed by atoms with Crippen LogP contribution in [0.4, 0.5) is 0 Å². The Bertz CT molecular complexity index is 302. The summed E-state index contributed by atoms with van der Waals surface area (Å²) in [6, 6.07) is 0.371. The van der Waals surface area contributed by atoms with E-state index >= 15 is 0 Å². The summed E-state index contributed by atoms with van der Waals surface area (Å²) in [5.74, 6) is 0. The standard InChI is InChI=1S/C11H20N2O/c1-5-10-9(7-14)11(6-2)13(12-10)8(3)4/h8,14H,5-7H2,1-4H3. The van der Waals surface area contributed by atoms with Gasteiger partial charge in [-0.1, -0.05) is 13.8 Å². The van der Waals surface area contributed by atoms with Crippen LogP contribution in [0.3, 0.4) is 0 Å². The highest BCUT2D eigenvalue weighted by Crippen LogP contribution is 2.19. The molecule has 80 valence electrons. The second-order valence-corrected chi connectivity index (χ2v) is 3.78. The molecule has 1 rings (SSSR count). The molecule has 0 spiro atoms. The van der Waals surface area contributed by atoms with Crippen LogP contribution in [0.5, 0.6) is 0 Å². The van der Waals surface area contributed by atoms with Crippen molar-refractivity contribution in [2.45, 2.75) is 53.2 Å². The van der Waals surface area contributed by atoms with Crippen molar-refractivity contribution in [1.82, 2.24) is 9.78 Å². The van der Waals surface area contributed by atoms with Crippen LogP contribution in [0.1, 0.15) is 50.7 Å². The van der Waals surface area contributed by atoms with Crippen LogP contribution in [0.15, 0.2) is 0 Å². The van der Waals surface area contributed by atoms with Crippen LogP contribution in [0.2, 0.25) is 0 Å². The second kappa shape index (κ2) is 4.60. The predicted molar refractivity (Wildman–Crippen MR) is 57.3 cm³/mol. The number of nitrogens with zero attached hydrogens (tertiary/aromatic N) is 2. The van der Waals surface area contributed by atoms with E-state index in [0.29, 0.717) is 6.04 Å². The van der Waals surface area contributed by atoms with E-state index in [1.807, 2.05) is 4.68 Å². The predicted octanol–water partition coefficient (Wildman–Crippen LogP) is 2.08. The lowest BCUT2D eigenvalue weighted by molar-refractivity contribution is 0.279. The van der Waals surface area contributed by atoms with Crippen LogP contribution in [0.25, 0.3) is 0 Å². The molecule has 0 saturated heterocycles. The van der Waals surface area contributed by atoms with Crippen molar-refractivity contribution in [2.75, 3.05) is 0 Å². The Hall–Kier alpha value is -0.830. The minimum Gasteiger partial charge on any atom is -0.392 e. The minimum absolute atomic E-state index is 0.110. The molecule has 0 bridgehead atoms. The normalized spacial score (nSPS) is 11.3. The van der Waals surface area contributed by atoms with Gasteiger partial charge in [-0.05, 0) is 26.7 Å². The number of aliphatic hydroxyl groups excluding tert-OH is 1. The molecule has 0 radical (unpaired) electrons. The van der Waals surface area contributed by atoms with Gasteiger partial charge in [0.1, 0.15) is 0 Å². The molecule has 0 atom stereocenters. The number of hydrogen-bond acceptors (Lipinski definition) is 2. The first-order valence-electron chi connectivity index (χ1n) is 5.35. The molecule has 0 aliphatic rings. The zero-order chi connectivity index (χ0) is 10.7. The summed E-state index contributed by atoms with van der Waals surface area (Å²) in [5.41, 5.74) is 3.25. The Morgan fingerprint density at radius 1 is 1.29 bits per heavy atom. The fourth-order valence-electron chi connectivity index (χ4n) is 1.82. The topological polar surface area (TPSA) is 38.0 Å². The molecule has 0 amide bonds. The largest absolute Gasteiger partial charge is 0.392 e.